The lowest BCUT2D eigenvalue weighted by molar-refractivity contribution is 0.0952. The third kappa shape index (κ3) is 3.78. The minimum atomic E-state index is -0.181. The minimum absolute atomic E-state index is 0.155. The van der Waals surface area contributed by atoms with Crippen molar-refractivity contribution in [2.45, 2.75) is 13.5 Å². The lowest BCUT2D eigenvalue weighted by Gasteiger charge is -2.08. The number of nitrogens with one attached hydrogen (secondary N) is 1. The second-order valence-corrected chi connectivity index (χ2v) is 6.33. The van der Waals surface area contributed by atoms with Crippen molar-refractivity contribution in [1.29, 1.82) is 0 Å². The second-order valence-electron chi connectivity index (χ2n) is 5.38. The van der Waals surface area contributed by atoms with Crippen LogP contribution in [0.15, 0.2) is 58.7 Å². The van der Waals surface area contributed by atoms with Crippen molar-refractivity contribution in [3.05, 3.63) is 75.4 Å². The number of nitrogens with zero attached hydrogens (tertiary/aromatic N) is 2. The van der Waals surface area contributed by atoms with Crippen LogP contribution in [0.5, 0.6) is 0 Å². The predicted molar refractivity (Wildman–Crippen MR) is 95.3 cm³/mol. The Morgan fingerprint density at radius 3 is 2.67 bits per heavy atom. The highest BCUT2D eigenvalue weighted by Gasteiger charge is 2.07. The van der Waals surface area contributed by atoms with Gasteiger partial charge in [-0.2, -0.15) is 5.10 Å². The fourth-order valence-electron chi connectivity index (χ4n) is 2.25. The SMILES string of the molecule is Cc1ccc(C(=O)NCCn2nc(-c3cccs3)ccc2=O)cc1. The maximum absolute atomic E-state index is 12.1. The number of thiophene rings is 1. The molecule has 1 N–H and O–H groups in total. The van der Waals surface area contributed by atoms with E-state index in [9.17, 15) is 9.59 Å². The van der Waals surface area contributed by atoms with Gasteiger partial charge in [0.05, 0.1) is 11.4 Å². The molecule has 3 aromatic rings. The molecule has 0 saturated carbocycles. The minimum Gasteiger partial charge on any atom is -0.350 e. The molecule has 0 atom stereocenters. The monoisotopic (exact) mass is 339 g/mol. The van der Waals surface area contributed by atoms with Gasteiger partial charge in [0, 0.05) is 18.2 Å². The summed E-state index contributed by atoms with van der Waals surface area (Å²) in [7, 11) is 0. The number of aryl methyl sites for hydroxylation is 1. The van der Waals surface area contributed by atoms with Crippen LogP contribution in [0.4, 0.5) is 0 Å². The Morgan fingerprint density at radius 2 is 1.96 bits per heavy atom. The third-order valence-corrected chi connectivity index (χ3v) is 4.46. The van der Waals surface area contributed by atoms with Crippen LogP contribution < -0.4 is 10.9 Å². The molecule has 24 heavy (non-hydrogen) atoms. The molecule has 5 nitrogen and oxygen atoms in total. The van der Waals surface area contributed by atoms with Crippen molar-refractivity contribution < 1.29 is 4.79 Å². The molecule has 0 aliphatic carbocycles. The van der Waals surface area contributed by atoms with Crippen molar-refractivity contribution in [3.8, 4) is 10.6 Å². The molecule has 3 rings (SSSR count). The summed E-state index contributed by atoms with van der Waals surface area (Å²) in [5, 5.41) is 9.14. The number of aromatic nitrogens is 2. The zero-order valence-electron chi connectivity index (χ0n) is 13.2. The van der Waals surface area contributed by atoms with E-state index in [1.54, 1.807) is 29.5 Å². The summed E-state index contributed by atoms with van der Waals surface area (Å²) in [6, 6.07) is 14.5. The second kappa shape index (κ2) is 7.23. The fourth-order valence-corrected chi connectivity index (χ4v) is 2.94. The van der Waals surface area contributed by atoms with E-state index in [0.29, 0.717) is 18.7 Å². The molecule has 0 spiro atoms. The number of carbonyl (C=O) groups excluding carboxylic acids is 1. The molecule has 0 bridgehead atoms. The Labute approximate surface area is 143 Å². The highest BCUT2D eigenvalue weighted by molar-refractivity contribution is 7.13. The van der Waals surface area contributed by atoms with Gasteiger partial charge in [-0.25, -0.2) is 4.68 Å². The summed E-state index contributed by atoms with van der Waals surface area (Å²) in [6.45, 7) is 2.64. The quantitative estimate of drug-likeness (QED) is 0.777. The van der Waals surface area contributed by atoms with Crippen LogP contribution in [0.2, 0.25) is 0 Å². The molecule has 0 fully saturated rings. The molecule has 6 heteroatoms. The van der Waals surface area contributed by atoms with Crippen LogP contribution in [0.1, 0.15) is 15.9 Å². The van der Waals surface area contributed by atoms with E-state index >= 15 is 0 Å². The lowest BCUT2D eigenvalue weighted by atomic mass is 10.1. The predicted octanol–water partition coefficient (Wildman–Crippen LogP) is 2.71. The topological polar surface area (TPSA) is 64.0 Å². The zero-order chi connectivity index (χ0) is 16.9. The molecule has 2 heterocycles. The van der Waals surface area contributed by atoms with Crippen molar-refractivity contribution >= 4 is 17.2 Å². The van der Waals surface area contributed by atoms with E-state index in [0.717, 1.165) is 16.1 Å². The molecule has 0 saturated heterocycles. The van der Waals surface area contributed by atoms with Crippen LogP contribution >= 0.6 is 11.3 Å². The van der Waals surface area contributed by atoms with Gasteiger partial charge in [0.1, 0.15) is 5.69 Å². The van der Waals surface area contributed by atoms with Gasteiger partial charge >= 0.3 is 0 Å². The largest absolute Gasteiger partial charge is 0.350 e. The van der Waals surface area contributed by atoms with Crippen molar-refractivity contribution in [2.75, 3.05) is 6.54 Å². The van der Waals surface area contributed by atoms with E-state index in [1.807, 2.05) is 36.6 Å². The Hall–Kier alpha value is -2.73. The van der Waals surface area contributed by atoms with Gasteiger partial charge in [-0.3, -0.25) is 9.59 Å². The van der Waals surface area contributed by atoms with Gasteiger partial charge < -0.3 is 5.32 Å². The van der Waals surface area contributed by atoms with Crippen LogP contribution in [0.25, 0.3) is 10.6 Å². The molecule has 1 aromatic carbocycles. The third-order valence-electron chi connectivity index (χ3n) is 3.56. The highest BCUT2D eigenvalue weighted by atomic mass is 32.1. The fraction of sp³-hybridized carbons (Fsp3) is 0.167. The smallest absolute Gasteiger partial charge is 0.266 e. The van der Waals surface area contributed by atoms with Gasteiger partial charge in [-0.15, -0.1) is 11.3 Å². The van der Waals surface area contributed by atoms with Crippen LogP contribution in [0.3, 0.4) is 0 Å². The summed E-state index contributed by atoms with van der Waals surface area (Å²) in [5.74, 6) is -0.155. The standard InChI is InChI=1S/C18H17N3O2S/c1-13-4-6-14(7-5-13)18(23)19-10-11-21-17(22)9-8-15(20-21)16-3-2-12-24-16/h2-9,12H,10-11H2,1H3,(H,19,23). The average Bonchev–Trinajstić information content (AvgIpc) is 3.11. The Bertz CT molecular complexity index is 883. The van der Waals surface area contributed by atoms with Crippen molar-refractivity contribution in [1.82, 2.24) is 15.1 Å². The van der Waals surface area contributed by atoms with Gasteiger partial charge in [0.2, 0.25) is 0 Å². The summed E-state index contributed by atoms with van der Waals surface area (Å²) in [4.78, 5) is 25.0. The molecule has 0 radical (unpaired) electrons. The Morgan fingerprint density at radius 1 is 1.17 bits per heavy atom. The summed E-state index contributed by atoms with van der Waals surface area (Å²) in [6.07, 6.45) is 0. The Balaban J connectivity index is 1.64. The summed E-state index contributed by atoms with van der Waals surface area (Å²) >= 11 is 1.57. The first-order valence-corrected chi connectivity index (χ1v) is 8.48. The van der Waals surface area contributed by atoms with E-state index in [-0.39, 0.29) is 11.5 Å². The van der Waals surface area contributed by atoms with E-state index in [2.05, 4.69) is 10.4 Å². The molecular weight excluding hydrogens is 322 g/mol. The molecule has 0 unspecified atom stereocenters. The molecule has 0 aliphatic heterocycles. The number of benzene rings is 1. The molecule has 122 valence electrons. The number of amides is 1. The molecular formula is C18H17N3O2S. The first kappa shape index (κ1) is 16.1. The average molecular weight is 339 g/mol. The van der Waals surface area contributed by atoms with Crippen molar-refractivity contribution in [2.24, 2.45) is 0 Å². The van der Waals surface area contributed by atoms with Crippen LogP contribution in [-0.2, 0) is 6.54 Å². The molecule has 2 aromatic heterocycles. The van der Waals surface area contributed by atoms with Gasteiger partial charge in [0.25, 0.3) is 11.5 Å². The van der Waals surface area contributed by atoms with Gasteiger partial charge in [0.15, 0.2) is 0 Å². The van der Waals surface area contributed by atoms with E-state index in [4.69, 9.17) is 0 Å². The lowest BCUT2D eigenvalue weighted by Crippen LogP contribution is -2.31. The Kier molecular flexibility index (Phi) is 4.86. The normalized spacial score (nSPS) is 10.5. The number of rotatable bonds is 5. The first-order chi connectivity index (χ1) is 11.6. The van der Waals surface area contributed by atoms with Gasteiger partial charge in [-0.05, 0) is 36.6 Å². The van der Waals surface area contributed by atoms with E-state index < -0.39 is 0 Å². The van der Waals surface area contributed by atoms with Gasteiger partial charge in [-0.1, -0.05) is 23.8 Å². The number of hydrogen-bond acceptors (Lipinski definition) is 4. The summed E-state index contributed by atoms with van der Waals surface area (Å²) < 4.78 is 1.38. The maximum Gasteiger partial charge on any atom is 0.266 e. The molecule has 1 amide bonds. The van der Waals surface area contributed by atoms with Crippen molar-refractivity contribution in [3.63, 3.8) is 0 Å². The number of hydrogen-bond donors (Lipinski definition) is 1. The van der Waals surface area contributed by atoms with Crippen LogP contribution in [0, 0.1) is 6.92 Å². The highest BCUT2D eigenvalue weighted by Crippen LogP contribution is 2.20. The molecule has 0 aliphatic rings. The van der Waals surface area contributed by atoms with E-state index in [1.165, 1.54) is 10.7 Å². The summed E-state index contributed by atoms with van der Waals surface area (Å²) in [5.41, 5.74) is 2.29. The van der Waals surface area contributed by atoms with Crippen LogP contribution in [-0.4, -0.2) is 22.2 Å². The first-order valence-electron chi connectivity index (χ1n) is 7.60. The maximum atomic E-state index is 12.1. The zero-order valence-corrected chi connectivity index (χ0v) is 14.0. The number of carbonyl (C=O) groups is 1.